The Morgan fingerprint density at radius 3 is 2.68 bits per heavy atom. The van der Waals surface area contributed by atoms with E-state index in [0.29, 0.717) is 18.7 Å². The first kappa shape index (κ1) is 17.0. The van der Waals surface area contributed by atoms with Gasteiger partial charge in [0, 0.05) is 11.1 Å². The first-order valence-electron chi connectivity index (χ1n) is 8.06. The zero-order valence-electron chi connectivity index (χ0n) is 13.3. The molecule has 2 rings (SSSR count). The number of rotatable bonds is 6. The zero-order chi connectivity index (χ0) is 16.0. The summed E-state index contributed by atoms with van der Waals surface area (Å²) in [6.07, 6.45) is 8.58. The van der Waals surface area contributed by atoms with Crippen LogP contribution in [0.1, 0.15) is 55.8 Å². The lowest BCUT2D eigenvalue weighted by molar-refractivity contribution is 0.0521. The quantitative estimate of drug-likeness (QED) is 0.755. The van der Waals surface area contributed by atoms with E-state index in [9.17, 15) is 10.2 Å². The van der Waals surface area contributed by atoms with Crippen LogP contribution < -0.4 is 10.5 Å². The van der Waals surface area contributed by atoms with Crippen LogP contribution >= 0.6 is 0 Å². The predicted molar refractivity (Wildman–Crippen MR) is 88.7 cm³/mol. The van der Waals surface area contributed by atoms with Gasteiger partial charge in [-0.2, -0.15) is 0 Å². The lowest BCUT2D eigenvalue weighted by Crippen LogP contribution is -2.28. The zero-order valence-corrected chi connectivity index (χ0v) is 13.3. The van der Waals surface area contributed by atoms with Crippen molar-refractivity contribution in [2.45, 2.75) is 50.2 Å². The minimum absolute atomic E-state index is 0.421. The maximum atomic E-state index is 10.6. The van der Waals surface area contributed by atoms with Gasteiger partial charge in [0.05, 0.1) is 18.8 Å². The molecule has 22 heavy (non-hydrogen) atoms. The van der Waals surface area contributed by atoms with Gasteiger partial charge in [0.15, 0.2) is 0 Å². The minimum atomic E-state index is -0.713. The second kappa shape index (κ2) is 7.77. The number of aliphatic hydroxyl groups is 2. The van der Waals surface area contributed by atoms with E-state index in [1.165, 1.54) is 6.42 Å². The molecule has 0 aliphatic heterocycles. The van der Waals surface area contributed by atoms with E-state index in [1.54, 1.807) is 7.11 Å². The number of nitrogens with two attached hydrogens (primary N) is 1. The van der Waals surface area contributed by atoms with Crippen LogP contribution in [0.2, 0.25) is 0 Å². The van der Waals surface area contributed by atoms with Gasteiger partial charge < -0.3 is 20.7 Å². The van der Waals surface area contributed by atoms with Gasteiger partial charge in [-0.3, -0.25) is 0 Å². The molecule has 4 heteroatoms. The van der Waals surface area contributed by atoms with Crippen LogP contribution in [0.3, 0.4) is 0 Å². The van der Waals surface area contributed by atoms with E-state index in [2.05, 4.69) is 0 Å². The smallest absolute Gasteiger partial charge is 0.131 e. The first-order chi connectivity index (χ1) is 10.6. The molecule has 1 saturated carbocycles. The van der Waals surface area contributed by atoms with Crippen LogP contribution in [0.25, 0.3) is 6.08 Å². The average molecular weight is 305 g/mol. The third kappa shape index (κ3) is 4.09. The van der Waals surface area contributed by atoms with E-state index in [4.69, 9.17) is 10.5 Å². The summed E-state index contributed by atoms with van der Waals surface area (Å²) in [4.78, 5) is 0. The van der Waals surface area contributed by atoms with Gasteiger partial charge in [0.25, 0.3) is 0 Å². The highest BCUT2D eigenvalue weighted by atomic mass is 16.5. The standard InChI is InChI=1S/C18H27NO3/c1-22-17-14(6-5-7-15(17)16(20)9-13-19)8-12-18(21)10-3-2-4-11-18/h5-8,12,16,20-21H,2-4,9-11,13,19H2,1H3. The summed E-state index contributed by atoms with van der Waals surface area (Å²) in [5, 5.41) is 20.8. The van der Waals surface area contributed by atoms with Crippen LogP contribution in [-0.4, -0.2) is 29.5 Å². The Morgan fingerprint density at radius 1 is 1.32 bits per heavy atom. The van der Waals surface area contributed by atoms with Crippen molar-refractivity contribution >= 4 is 6.08 Å². The molecule has 0 bridgehead atoms. The van der Waals surface area contributed by atoms with Gasteiger partial charge in [-0.05, 0) is 25.8 Å². The Balaban J connectivity index is 2.25. The molecule has 1 aromatic rings. The molecule has 0 aromatic heterocycles. The van der Waals surface area contributed by atoms with E-state index in [-0.39, 0.29) is 0 Å². The van der Waals surface area contributed by atoms with Crippen LogP contribution in [0.4, 0.5) is 0 Å². The number of aliphatic hydroxyl groups excluding tert-OH is 1. The largest absolute Gasteiger partial charge is 0.496 e. The molecule has 122 valence electrons. The minimum Gasteiger partial charge on any atom is -0.496 e. The average Bonchev–Trinajstić information content (AvgIpc) is 2.53. The Morgan fingerprint density at radius 2 is 2.05 bits per heavy atom. The fourth-order valence-electron chi connectivity index (χ4n) is 3.09. The van der Waals surface area contributed by atoms with Crippen LogP contribution in [0.15, 0.2) is 24.3 Å². The number of benzene rings is 1. The topological polar surface area (TPSA) is 75.7 Å². The summed E-state index contributed by atoms with van der Waals surface area (Å²) >= 11 is 0. The van der Waals surface area contributed by atoms with E-state index < -0.39 is 11.7 Å². The maximum Gasteiger partial charge on any atom is 0.131 e. The highest BCUT2D eigenvalue weighted by Gasteiger charge is 2.26. The summed E-state index contributed by atoms with van der Waals surface area (Å²) in [5.41, 5.74) is 6.42. The molecule has 1 aliphatic rings. The number of methoxy groups -OCH3 is 1. The highest BCUT2D eigenvalue weighted by molar-refractivity contribution is 5.61. The second-order valence-corrected chi connectivity index (χ2v) is 6.06. The van der Waals surface area contributed by atoms with Gasteiger partial charge in [-0.25, -0.2) is 0 Å². The molecule has 0 radical (unpaired) electrons. The van der Waals surface area contributed by atoms with E-state index in [1.807, 2.05) is 30.4 Å². The molecule has 1 atom stereocenters. The van der Waals surface area contributed by atoms with Gasteiger partial charge in [0.1, 0.15) is 5.75 Å². The first-order valence-corrected chi connectivity index (χ1v) is 8.06. The molecule has 1 aliphatic carbocycles. The van der Waals surface area contributed by atoms with Crippen molar-refractivity contribution < 1.29 is 14.9 Å². The highest BCUT2D eigenvalue weighted by Crippen LogP contribution is 2.34. The van der Waals surface area contributed by atoms with E-state index >= 15 is 0 Å². The van der Waals surface area contributed by atoms with Gasteiger partial charge >= 0.3 is 0 Å². The second-order valence-electron chi connectivity index (χ2n) is 6.06. The third-order valence-corrected chi connectivity index (χ3v) is 4.37. The lowest BCUT2D eigenvalue weighted by atomic mass is 9.84. The van der Waals surface area contributed by atoms with Crippen LogP contribution in [-0.2, 0) is 0 Å². The normalized spacial score (nSPS) is 19.3. The molecular weight excluding hydrogens is 278 g/mol. The lowest BCUT2D eigenvalue weighted by Gasteiger charge is -2.29. The van der Waals surface area contributed by atoms with Gasteiger partial charge in [0.2, 0.25) is 0 Å². The van der Waals surface area contributed by atoms with Crippen molar-refractivity contribution in [2.75, 3.05) is 13.7 Å². The molecule has 0 amide bonds. The van der Waals surface area contributed by atoms with Crippen molar-refractivity contribution in [1.29, 1.82) is 0 Å². The maximum absolute atomic E-state index is 10.6. The third-order valence-electron chi connectivity index (χ3n) is 4.37. The molecule has 4 nitrogen and oxygen atoms in total. The van der Waals surface area contributed by atoms with Crippen molar-refractivity contribution in [3.05, 3.63) is 35.4 Å². The molecule has 0 spiro atoms. The Labute approximate surface area is 132 Å². The van der Waals surface area contributed by atoms with Crippen molar-refractivity contribution in [3.8, 4) is 5.75 Å². The Hall–Kier alpha value is -1.36. The SMILES string of the molecule is COc1c(C=CC2(O)CCCCC2)cccc1C(O)CCN. The van der Waals surface area contributed by atoms with E-state index in [0.717, 1.165) is 36.8 Å². The number of hydrogen-bond donors (Lipinski definition) is 3. The van der Waals surface area contributed by atoms with Crippen molar-refractivity contribution in [3.63, 3.8) is 0 Å². The predicted octanol–water partition coefficient (Wildman–Crippen LogP) is 2.79. The van der Waals surface area contributed by atoms with Crippen LogP contribution in [0, 0.1) is 0 Å². The molecule has 4 N–H and O–H groups in total. The fraction of sp³-hybridized carbons (Fsp3) is 0.556. The molecule has 1 fully saturated rings. The van der Waals surface area contributed by atoms with Gasteiger partial charge in [-0.1, -0.05) is 49.6 Å². The monoisotopic (exact) mass is 305 g/mol. The van der Waals surface area contributed by atoms with Gasteiger partial charge in [-0.15, -0.1) is 0 Å². The van der Waals surface area contributed by atoms with Crippen molar-refractivity contribution in [2.24, 2.45) is 5.73 Å². The molecule has 1 aromatic carbocycles. The summed E-state index contributed by atoms with van der Waals surface area (Å²) in [6, 6.07) is 5.67. The fourth-order valence-corrected chi connectivity index (χ4v) is 3.09. The summed E-state index contributed by atoms with van der Waals surface area (Å²) in [7, 11) is 1.60. The number of hydrogen-bond acceptors (Lipinski definition) is 4. The summed E-state index contributed by atoms with van der Waals surface area (Å²) in [6.45, 7) is 0.421. The Kier molecular flexibility index (Phi) is 6.00. The summed E-state index contributed by atoms with van der Waals surface area (Å²) in [5.74, 6) is 0.652. The molecule has 0 saturated heterocycles. The van der Waals surface area contributed by atoms with Crippen LogP contribution in [0.5, 0.6) is 5.75 Å². The molecule has 0 heterocycles. The number of ether oxygens (including phenoxy) is 1. The van der Waals surface area contributed by atoms with Crippen molar-refractivity contribution in [1.82, 2.24) is 0 Å². The molecular formula is C18H27NO3. The Bertz CT molecular complexity index is 507. The number of para-hydroxylation sites is 1. The summed E-state index contributed by atoms with van der Waals surface area (Å²) < 4.78 is 5.48. The molecule has 1 unspecified atom stereocenters.